The smallest absolute Gasteiger partial charge is 0.342 e. The molecule has 32 heavy (non-hydrogen) atoms. The fourth-order valence-corrected chi connectivity index (χ4v) is 4.37. The van der Waals surface area contributed by atoms with Crippen molar-refractivity contribution in [2.45, 2.75) is 51.0 Å². The van der Waals surface area contributed by atoms with Gasteiger partial charge in [0.25, 0.3) is 5.91 Å². The fraction of sp³-hybridized carbons (Fsp3) is 0.455. The average molecular weight is 445 g/mol. The van der Waals surface area contributed by atoms with Crippen molar-refractivity contribution in [2.24, 2.45) is 0 Å². The number of rotatable bonds is 5. The second-order valence-corrected chi connectivity index (χ2v) is 8.19. The quantitative estimate of drug-likeness (QED) is 0.721. The number of aromatic carboxylic acids is 1. The van der Waals surface area contributed by atoms with Gasteiger partial charge in [0.15, 0.2) is 5.82 Å². The zero-order valence-corrected chi connectivity index (χ0v) is 17.9. The summed E-state index contributed by atoms with van der Waals surface area (Å²) in [6, 6.07) is 4.56. The molecule has 0 saturated heterocycles. The SMILES string of the molecule is CCc1cc(C(=O)O)ccc1Nc1ncc2c(n1)N(C1CCCC1)CC(F)(F)C(=O)N2C. The molecule has 1 aliphatic carbocycles. The Morgan fingerprint density at radius 3 is 2.69 bits per heavy atom. The maximum Gasteiger partial charge on any atom is 0.342 e. The first-order valence-electron chi connectivity index (χ1n) is 10.6. The number of carbonyl (C=O) groups excluding carboxylic acids is 1. The number of carbonyl (C=O) groups is 2. The lowest BCUT2D eigenvalue weighted by atomic mass is 10.1. The van der Waals surface area contributed by atoms with E-state index in [1.54, 1.807) is 17.0 Å². The lowest BCUT2D eigenvalue weighted by molar-refractivity contribution is -0.140. The highest BCUT2D eigenvalue weighted by Crippen LogP contribution is 2.39. The van der Waals surface area contributed by atoms with Gasteiger partial charge in [-0.05, 0) is 43.0 Å². The third-order valence-corrected chi connectivity index (χ3v) is 6.11. The Balaban J connectivity index is 1.74. The molecule has 8 nitrogen and oxygen atoms in total. The highest BCUT2D eigenvalue weighted by Gasteiger charge is 2.48. The van der Waals surface area contributed by atoms with E-state index in [2.05, 4.69) is 15.3 Å². The summed E-state index contributed by atoms with van der Waals surface area (Å²) in [5.74, 6) is -5.35. The van der Waals surface area contributed by atoms with E-state index in [-0.39, 0.29) is 23.2 Å². The van der Waals surface area contributed by atoms with Gasteiger partial charge in [0.05, 0.1) is 18.3 Å². The number of benzene rings is 1. The molecule has 2 aromatic rings. The van der Waals surface area contributed by atoms with Gasteiger partial charge < -0.3 is 20.2 Å². The Hall–Kier alpha value is -3.30. The maximum atomic E-state index is 14.7. The minimum atomic E-state index is -3.53. The van der Waals surface area contributed by atoms with E-state index in [1.165, 1.54) is 19.3 Å². The number of nitrogens with one attached hydrogen (secondary N) is 1. The third-order valence-electron chi connectivity index (χ3n) is 6.11. The molecule has 1 aromatic carbocycles. The van der Waals surface area contributed by atoms with Crippen LogP contribution in [0.15, 0.2) is 24.4 Å². The highest BCUT2D eigenvalue weighted by atomic mass is 19.3. The van der Waals surface area contributed by atoms with Crippen molar-refractivity contribution >= 4 is 35.0 Å². The van der Waals surface area contributed by atoms with Crippen LogP contribution in [0.5, 0.6) is 0 Å². The average Bonchev–Trinajstić information content (AvgIpc) is 3.29. The van der Waals surface area contributed by atoms with E-state index in [0.717, 1.165) is 36.1 Å². The van der Waals surface area contributed by atoms with Crippen LogP contribution in [0.2, 0.25) is 0 Å². The molecule has 1 amide bonds. The Kier molecular flexibility index (Phi) is 5.70. The Morgan fingerprint density at radius 1 is 1.31 bits per heavy atom. The van der Waals surface area contributed by atoms with Crippen molar-refractivity contribution < 1.29 is 23.5 Å². The van der Waals surface area contributed by atoms with Gasteiger partial charge in [0, 0.05) is 18.8 Å². The predicted octanol–water partition coefficient (Wildman–Crippen LogP) is 3.84. The lowest BCUT2D eigenvalue weighted by Gasteiger charge is -2.31. The van der Waals surface area contributed by atoms with Crippen LogP contribution in [0, 0.1) is 0 Å². The molecule has 1 fully saturated rings. The molecule has 10 heteroatoms. The zero-order chi connectivity index (χ0) is 23.0. The number of hydrogen-bond donors (Lipinski definition) is 2. The molecule has 0 bridgehead atoms. The van der Waals surface area contributed by atoms with Crippen molar-refractivity contribution in [2.75, 3.05) is 28.7 Å². The van der Waals surface area contributed by atoms with E-state index < -0.39 is 24.3 Å². The Bertz CT molecular complexity index is 1060. The number of amides is 1. The summed E-state index contributed by atoms with van der Waals surface area (Å²) in [6.07, 6.45) is 5.36. The van der Waals surface area contributed by atoms with Crippen molar-refractivity contribution in [3.05, 3.63) is 35.5 Å². The largest absolute Gasteiger partial charge is 0.478 e. The molecule has 1 aliphatic heterocycles. The van der Waals surface area contributed by atoms with Crippen LogP contribution in [-0.4, -0.2) is 52.5 Å². The topological polar surface area (TPSA) is 98.7 Å². The fourth-order valence-electron chi connectivity index (χ4n) is 4.37. The normalized spacial score (nSPS) is 18.4. The number of aryl methyl sites for hydroxylation is 1. The van der Waals surface area contributed by atoms with Gasteiger partial charge in [-0.1, -0.05) is 19.8 Å². The first kappa shape index (κ1) is 21.9. The van der Waals surface area contributed by atoms with Gasteiger partial charge in [-0.2, -0.15) is 13.8 Å². The summed E-state index contributed by atoms with van der Waals surface area (Å²) in [6.45, 7) is 1.17. The van der Waals surface area contributed by atoms with Crippen LogP contribution in [0.1, 0.15) is 48.5 Å². The van der Waals surface area contributed by atoms with Gasteiger partial charge in [0.2, 0.25) is 5.95 Å². The van der Waals surface area contributed by atoms with Gasteiger partial charge in [0.1, 0.15) is 5.69 Å². The highest BCUT2D eigenvalue weighted by molar-refractivity contribution is 6.02. The van der Waals surface area contributed by atoms with E-state index in [1.807, 2.05) is 6.92 Å². The molecule has 2 aliphatic rings. The monoisotopic (exact) mass is 445 g/mol. The van der Waals surface area contributed by atoms with E-state index >= 15 is 0 Å². The number of nitrogens with zero attached hydrogens (tertiary/aromatic N) is 4. The van der Waals surface area contributed by atoms with Gasteiger partial charge in [-0.25, -0.2) is 9.78 Å². The van der Waals surface area contributed by atoms with Crippen molar-refractivity contribution in [1.29, 1.82) is 0 Å². The number of aromatic nitrogens is 2. The number of hydrogen-bond acceptors (Lipinski definition) is 6. The van der Waals surface area contributed by atoms with E-state index in [0.29, 0.717) is 17.9 Å². The van der Waals surface area contributed by atoms with E-state index in [4.69, 9.17) is 0 Å². The third kappa shape index (κ3) is 3.96. The van der Waals surface area contributed by atoms with Crippen LogP contribution in [0.25, 0.3) is 0 Å². The first-order chi connectivity index (χ1) is 15.2. The second-order valence-electron chi connectivity index (χ2n) is 8.19. The van der Waals surface area contributed by atoms with Crippen LogP contribution < -0.4 is 15.1 Å². The second kappa shape index (κ2) is 8.33. The molecule has 2 heterocycles. The van der Waals surface area contributed by atoms with Crippen LogP contribution >= 0.6 is 0 Å². The molecule has 4 rings (SSSR count). The summed E-state index contributed by atoms with van der Waals surface area (Å²) < 4.78 is 29.4. The molecule has 1 saturated carbocycles. The van der Waals surface area contributed by atoms with Crippen LogP contribution in [0.4, 0.5) is 31.9 Å². The Labute approximate surface area is 184 Å². The molecule has 2 N–H and O–H groups in total. The van der Waals surface area contributed by atoms with Gasteiger partial charge in [-0.15, -0.1) is 0 Å². The summed E-state index contributed by atoms with van der Waals surface area (Å²) in [5.41, 5.74) is 1.80. The molecule has 170 valence electrons. The minimum Gasteiger partial charge on any atom is -0.478 e. The Morgan fingerprint density at radius 2 is 2.03 bits per heavy atom. The maximum absolute atomic E-state index is 14.7. The summed E-state index contributed by atoms with van der Waals surface area (Å²) in [5, 5.41) is 12.3. The number of carboxylic acid groups (broad SMARTS) is 1. The number of carboxylic acids is 1. The standard InChI is InChI=1S/C22H25F2N5O3/c1-3-13-10-14(19(30)31)8-9-16(13)26-21-25-11-17-18(27-21)29(15-6-4-5-7-15)12-22(23,24)20(32)28(17)2/h8-11,15H,3-7,12H2,1-2H3,(H,30,31)(H,25,26,27). The number of halogens is 2. The number of anilines is 4. The molecule has 0 radical (unpaired) electrons. The van der Waals surface area contributed by atoms with Crippen molar-refractivity contribution in [3.8, 4) is 0 Å². The van der Waals surface area contributed by atoms with Crippen molar-refractivity contribution in [3.63, 3.8) is 0 Å². The summed E-state index contributed by atoms with van der Waals surface area (Å²) in [7, 11) is 1.31. The molecule has 1 aromatic heterocycles. The van der Waals surface area contributed by atoms with Crippen molar-refractivity contribution in [1.82, 2.24) is 9.97 Å². The van der Waals surface area contributed by atoms with Crippen LogP contribution in [0.3, 0.4) is 0 Å². The first-order valence-corrected chi connectivity index (χ1v) is 10.6. The molecule has 0 spiro atoms. The summed E-state index contributed by atoms with van der Waals surface area (Å²) in [4.78, 5) is 34.9. The minimum absolute atomic E-state index is 0.122. The molecule has 0 unspecified atom stereocenters. The van der Waals surface area contributed by atoms with Gasteiger partial charge in [-0.3, -0.25) is 4.79 Å². The van der Waals surface area contributed by atoms with E-state index in [9.17, 15) is 23.5 Å². The molecular weight excluding hydrogens is 420 g/mol. The molecule has 0 atom stereocenters. The number of fused-ring (bicyclic) bond motifs is 1. The lowest BCUT2D eigenvalue weighted by Crippen LogP contribution is -2.48. The zero-order valence-electron chi connectivity index (χ0n) is 17.9. The predicted molar refractivity (Wildman–Crippen MR) is 116 cm³/mol. The number of alkyl halides is 2. The van der Waals surface area contributed by atoms with Gasteiger partial charge >= 0.3 is 11.9 Å². The van der Waals surface area contributed by atoms with Crippen LogP contribution in [-0.2, 0) is 11.2 Å². The summed E-state index contributed by atoms with van der Waals surface area (Å²) >= 11 is 0. The molecular formula is C22H25F2N5O3.